The maximum Gasteiger partial charge on any atom is 0.0599 e. The molecule has 1 rings (SSSR count). The molecule has 1 saturated heterocycles. The average Bonchev–Trinajstić information content (AvgIpc) is 2.09. The zero-order chi connectivity index (χ0) is 10.8. The molecule has 1 unspecified atom stereocenters. The maximum atomic E-state index is 9.25. The number of nitrogens with zero attached hydrogens (tertiary/aromatic N) is 2. The van der Waals surface area contributed by atoms with Gasteiger partial charge in [-0.3, -0.25) is 9.80 Å². The predicted octanol–water partition coefficient (Wildman–Crippen LogP) is 0.783. The van der Waals surface area contributed by atoms with Gasteiger partial charge in [0.1, 0.15) is 0 Å². The largest absolute Gasteiger partial charge is 0.395 e. The number of rotatable bonds is 3. The summed E-state index contributed by atoms with van der Waals surface area (Å²) in [6.07, 6.45) is 1.19. The van der Waals surface area contributed by atoms with Gasteiger partial charge in [0.25, 0.3) is 0 Å². The lowest BCUT2D eigenvalue weighted by Crippen LogP contribution is -2.63. The summed E-state index contributed by atoms with van der Waals surface area (Å²) in [5.41, 5.74) is 0.246. The monoisotopic (exact) mass is 200 g/mol. The van der Waals surface area contributed by atoms with Crippen molar-refractivity contribution in [3.8, 4) is 0 Å². The van der Waals surface area contributed by atoms with Crippen LogP contribution in [-0.2, 0) is 0 Å². The van der Waals surface area contributed by atoms with Gasteiger partial charge >= 0.3 is 0 Å². The molecule has 1 fully saturated rings. The summed E-state index contributed by atoms with van der Waals surface area (Å²) in [6, 6.07) is 0.314. The minimum absolute atomic E-state index is 0.246. The second-order valence-corrected chi connectivity index (χ2v) is 5.01. The third-order valence-corrected chi connectivity index (χ3v) is 3.25. The number of aliphatic hydroxyl groups is 1. The van der Waals surface area contributed by atoms with E-state index in [4.69, 9.17) is 0 Å². The van der Waals surface area contributed by atoms with Crippen LogP contribution in [0.1, 0.15) is 27.2 Å². The topological polar surface area (TPSA) is 26.7 Å². The number of piperazine rings is 1. The maximum absolute atomic E-state index is 9.25. The SMILES string of the molecule is CCCN1CC(CO)N(C)CC1(C)C. The summed E-state index contributed by atoms with van der Waals surface area (Å²) < 4.78 is 0. The Morgan fingerprint density at radius 2 is 2.07 bits per heavy atom. The number of likely N-dealkylation sites (N-methyl/N-ethyl adjacent to an activating group) is 1. The molecule has 0 bridgehead atoms. The van der Waals surface area contributed by atoms with Crippen molar-refractivity contribution in [3.05, 3.63) is 0 Å². The van der Waals surface area contributed by atoms with Gasteiger partial charge in [0.2, 0.25) is 0 Å². The van der Waals surface area contributed by atoms with Crippen molar-refractivity contribution in [2.75, 3.05) is 33.3 Å². The zero-order valence-corrected chi connectivity index (χ0v) is 9.95. The molecular weight excluding hydrogens is 176 g/mol. The van der Waals surface area contributed by atoms with Crippen LogP contribution in [0.3, 0.4) is 0 Å². The van der Waals surface area contributed by atoms with E-state index in [1.54, 1.807) is 0 Å². The predicted molar refractivity (Wildman–Crippen MR) is 59.4 cm³/mol. The standard InChI is InChI=1S/C11H24N2O/c1-5-6-13-7-10(8-14)12(4)9-11(13,2)3/h10,14H,5-9H2,1-4H3. The summed E-state index contributed by atoms with van der Waals surface area (Å²) in [5.74, 6) is 0. The number of hydrogen-bond donors (Lipinski definition) is 1. The first kappa shape index (κ1) is 12.0. The Morgan fingerprint density at radius 3 is 2.57 bits per heavy atom. The molecule has 0 radical (unpaired) electrons. The zero-order valence-electron chi connectivity index (χ0n) is 9.95. The highest BCUT2D eigenvalue weighted by molar-refractivity contribution is 4.93. The van der Waals surface area contributed by atoms with Crippen LogP contribution in [0.5, 0.6) is 0 Å². The summed E-state index contributed by atoms with van der Waals surface area (Å²) >= 11 is 0. The fourth-order valence-corrected chi connectivity index (χ4v) is 2.34. The molecule has 0 amide bonds. The fourth-order valence-electron chi connectivity index (χ4n) is 2.34. The van der Waals surface area contributed by atoms with E-state index < -0.39 is 0 Å². The van der Waals surface area contributed by atoms with Crippen molar-refractivity contribution in [1.29, 1.82) is 0 Å². The Morgan fingerprint density at radius 1 is 1.43 bits per heavy atom. The fraction of sp³-hybridized carbons (Fsp3) is 1.00. The Hall–Kier alpha value is -0.120. The number of hydrogen-bond acceptors (Lipinski definition) is 3. The molecule has 3 heteroatoms. The third kappa shape index (κ3) is 2.47. The smallest absolute Gasteiger partial charge is 0.0599 e. The normalized spacial score (nSPS) is 29.4. The molecule has 1 aliphatic heterocycles. The molecule has 0 aromatic heterocycles. The molecule has 0 aromatic rings. The highest BCUT2D eigenvalue weighted by Crippen LogP contribution is 2.23. The van der Waals surface area contributed by atoms with Crippen molar-refractivity contribution in [2.45, 2.75) is 38.8 Å². The van der Waals surface area contributed by atoms with Gasteiger partial charge in [-0.2, -0.15) is 0 Å². The minimum Gasteiger partial charge on any atom is -0.395 e. The van der Waals surface area contributed by atoms with Crippen LogP contribution in [-0.4, -0.2) is 59.8 Å². The van der Waals surface area contributed by atoms with E-state index in [0.29, 0.717) is 6.04 Å². The summed E-state index contributed by atoms with van der Waals surface area (Å²) in [4.78, 5) is 4.76. The molecule has 84 valence electrons. The molecule has 0 aromatic carbocycles. The van der Waals surface area contributed by atoms with E-state index in [9.17, 15) is 5.11 Å². The molecule has 1 heterocycles. The molecule has 0 saturated carbocycles. The van der Waals surface area contributed by atoms with Crippen LogP contribution in [0, 0.1) is 0 Å². The van der Waals surface area contributed by atoms with Crippen LogP contribution in [0.15, 0.2) is 0 Å². The van der Waals surface area contributed by atoms with Crippen LogP contribution in [0.4, 0.5) is 0 Å². The van der Waals surface area contributed by atoms with Gasteiger partial charge in [-0.15, -0.1) is 0 Å². The van der Waals surface area contributed by atoms with Gasteiger partial charge < -0.3 is 5.11 Å². The average molecular weight is 200 g/mol. The van der Waals surface area contributed by atoms with E-state index in [-0.39, 0.29) is 12.1 Å². The first-order valence-electron chi connectivity index (χ1n) is 5.57. The highest BCUT2D eigenvalue weighted by Gasteiger charge is 2.36. The van der Waals surface area contributed by atoms with Gasteiger partial charge in [0, 0.05) is 24.7 Å². The van der Waals surface area contributed by atoms with E-state index >= 15 is 0 Å². The third-order valence-electron chi connectivity index (χ3n) is 3.25. The summed E-state index contributed by atoms with van der Waals surface area (Å²) in [7, 11) is 2.10. The Balaban J connectivity index is 2.64. The lowest BCUT2D eigenvalue weighted by molar-refractivity contribution is -0.0218. The van der Waals surface area contributed by atoms with Gasteiger partial charge in [-0.05, 0) is 33.9 Å². The Bertz CT molecular complexity index is 182. The van der Waals surface area contributed by atoms with Crippen LogP contribution in [0.25, 0.3) is 0 Å². The van der Waals surface area contributed by atoms with E-state index in [1.165, 1.54) is 6.42 Å². The second-order valence-electron chi connectivity index (χ2n) is 5.01. The number of aliphatic hydroxyl groups excluding tert-OH is 1. The molecule has 0 aliphatic carbocycles. The van der Waals surface area contributed by atoms with Crippen LogP contribution < -0.4 is 0 Å². The van der Waals surface area contributed by atoms with Crippen molar-refractivity contribution >= 4 is 0 Å². The van der Waals surface area contributed by atoms with Crippen molar-refractivity contribution in [1.82, 2.24) is 9.80 Å². The van der Waals surface area contributed by atoms with Gasteiger partial charge in [0.15, 0.2) is 0 Å². The lowest BCUT2D eigenvalue weighted by Gasteiger charge is -2.49. The molecular formula is C11H24N2O. The van der Waals surface area contributed by atoms with Crippen LogP contribution in [0.2, 0.25) is 0 Å². The lowest BCUT2D eigenvalue weighted by atomic mass is 9.96. The quantitative estimate of drug-likeness (QED) is 0.729. The molecule has 1 N–H and O–H groups in total. The van der Waals surface area contributed by atoms with E-state index in [1.807, 2.05) is 0 Å². The second kappa shape index (κ2) is 4.60. The van der Waals surface area contributed by atoms with E-state index in [2.05, 4.69) is 37.6 Å². The molecule has 3 nitrogen and oxygen atoms in total. The molecule has 0 spiro atoms. The van der Waals surface area contributed by atoms with Crippen molar-refractivity contribution in [3.63, 3.8) is 0 Å². The molecule has 1 atom stereocenters. The molecule has 14 heavy (non-hydrogen) atoms. The van der Waals surface area contributed by atoms with Gasteiger partial charge in [-0.25, -0.2) is 0 Å². The first-order valence-corrected chi connectivity index (χ1v) is 5.57. The van der Waals surface area contributed by atoms with Crippen molar-refractivity contribution in [2.24, 2.45) is 0 Å². The summed E-state index contributed by atoms with van der Waals surface area (Å²) in [5, 5.41) is 9.25. The Kier molecular flexibility index (Phi) is 3.93. The Labute approximate surface area is 87.7 Å². The van der Waals surface area contributed by atoms with Gasteiger partial charge in [-0.1, -0.05) is 6.92 Å². The van der Waals surface area contributed by atoms with Crippen molar-refractivity contribution < 1.29 is 5.11 Å². The highest BCUT2D eigenvalue weighted by atomic mass is 16.3. The minimum atomic E-state index is 0.246. The molecule has 1 aliphatic rings. The van der Waals surface area contributed by atoms with E-state index in [0.717, 1.165) is 19.6 Å². The van der Waals surface area contributed by atoms with Crippen LogP contribution >= 0.6 is 0 Å². The summed E-state index contributed by atoms with van der Waals surface area (Å²) in [6.45, 7) is 10.2. The first-order chi connectivity index (χ1) is 6.51. The van der Waals surface area contributed by atoms with Gasteiger partial charge in [0.05, 0.1) is 6.61 Å².